The number of amides is 1. The first-order valence-electron chi connectivity index (χ1n) is 5.74. The van der Waals surface area contributed by atoms with Crippen molar-refractivity contribution in [1.82, 2.24) is 4.90 Å². The van der Waals surface area contributed by atoms with E-state index < -0.39 is 17.5 Å². The van der Waals surface area contributed by atoms with Gasteiger partial charge in [-0.3, -0.25) is 4.79 Å². The van der Waals surface area contributed by atoms with Crippen LogP contribution in [0.3, 0.4) is 0 Å². The molecule has 1 aromatic rings. The van der Waals surface area contributed by atoms with Gasteiger partial charge in [0.2, 0.25) is 0 Å². The zero-order chi connectivity index (χ0) is 14.6. The minimum atomic E-state index is -0.875. The second kappa shape index (κ2) is 6.48. The lowest BCUT2D eigenvalue weighted by Gasteiger charge is -2.22. The number of halogens is 3. The number of benzene rings is 1. The number of nitrogens with zero attached hydrogens (tertiary/aromatic N) is 2. The Morgan fingerprint density at radius 2 is 2.11 bits per heavy atom. The lowest BCUT2D eigenvalue weighted by Crippen LogP contribution is -2.35. The Kier molecular flexibility index (Phi) is 5.25. The van der Waals surface area contributed by atoms with Crippen molar-refractivity contribution in [3.63, 3.8) is 0 Å². The second-order valence-electron chi connectivity index (χ2n) is 4.12. The van der Waals surface area contributed by atoms with Crippen molar-refractivity contribution in [2.45, 2.75) is 13.8 Å². The molecule has 0 saturated carbocycles. The van der Waals surface area contributed by atoms with Gasteiger partial charge in [-0.05, 0) is 26.0 Å². The van der Waals surface area contributed by atoms with Gasteiger partial charge in [0.15, 0.2) is 0 Å². The molecule has 102 valence electrons. The van der Waals surface area contributed by atoms with Crippen molar-refractivity contribution in [1.29, 1.82) is 5.26 Å². The molecule has 1 rings (SSSR count). The lowest BCUT2D eigenvalue weighted by atomic mass is 10.1. The number of carbonyl (C=O) groups excluding carboxylic acids is 1. The normalized spacial score (nSPS) is 11.8. The van der Waals surface area contributed by atoms with E-state index >= 15 is 0 Å². The molecule has 0 aliphatic heterocycles. The van der Waals surface area contributed by atoms with Crippen LogP contribution in [0.25, 0.3) is 0 Å². The zero-order valence-electron chi connectivity index (χ0n) is 10.6. The van der Waals surface area contributed by atoms with E-state index in [9.17, 15) is 13.6 Å². The first kappa shape index (κ1) is 15.4. The van der Waals surface area contributed by atoms with Crippen LogP contribution < -0.4 is 0 Å². The Balaban J connectivity index is 3.05. The lowest BCUT2D eigenvalue weighted by molar-refractivity contribution is 0.0747. The Bertz CT molecular complexity index is 528. The van der Waals surface area contributed by atoms with Gasteiger partial charge in [-0.15, -0.1) is 0 Å². The van der Waals surface area contributed by atoms with Crippen molar-refractivity contribution in [2.75, 3.05) is 13.1 Å². The third-order valence-electron chi connectivity index (χ3n) is 2.62. The number of hydrogen-bond acceptors (Lipinski definition) is 2. The topological polar surface area (TPSA) is 44.1 Å². The van der Waals surface area contributed by atoms with Crippen LogP contribution >= 0.6 is 11.6 Å². The van der Waals surface area contributed by atoms with Gasteiger partial charge >= 0.3 is 0 Å². The van der Waals surface area contributed by atoms with E-state index in [1.165, 1.54) is 4.90 Å². The van der Waals surface area contributed by atoms with Crippen LogP contribution in [0.2, 0.25) is 5.02 Å². The van der Waals surface area contributed by atoms with Gasteiger partial charge < -0.3 is 4.90 Å². The van der Waals surface area contributed by atoms with Crippen LogP contribution in [0.1, 0.15) is 24.2 Å². The molecule has 19 heavy (non-hydrogen) atoms. The Morgan fingerprint density at radius 1 is 1.47 bits per heavy atom. The predicted octanol–water partition coefficient (Wildman–Crippen LogP) is 3.24. The van der Waals surface area contributed by atoms with Crippen LogP contribution in [-0.2, 0) is 0 Å². The molecule has 1 unspecified atom stereocenters. The molecule has 6 heteroatoms. The summed E-state index contributed by atoms with van der Waals surface area (Å²) in [5.74, 6) is -2.77. The largest absolute Gasteiger partial charge is 0.338 e. The van der Waals surface area contributed by atoms with E-state index in [-0.39, 0.29) is 23.0 Å². The van der Waals surface area contributed by atoms with Crippen molar-refractivity contribution in [3.8, 4) is 6.07 Å². The maximum absolute atomic E-state index is 13.6. The molecule has 1 atom stereocenters. The fraction of sp³-hybridized carbons (Fsp3) is 0.385. The fourth-order valence-electron chi connectivity index (χ4n) is 1.58. The summed E-state index contributed by atoms with van der Waals surface area (Å²) in [4.78, 5) is 13.4. The van der Waals surface area contributed by atoms with Crippen LogP contribution in [0.15, 0.2) is 12.1 Å². The molecule has 0 aliphatic carbocycles. The molecule has 0 spiro atoms. The molecule has 1 aromatic carbocycles. The van der Waals surface area contributed by atoms with Gasteiger partial charge in [0.1, 0.15) is 11.6 Å². The SMILES string of the molecule is CCN(CC(C)C#N)C(=O)c1cc(F)c(Cl)cc1F. The third kappa shape index (κ3) is 3.65. The van der Waals surface area contributed by atoms with Gasteiger partial charge in [0, 0.05) is 13.1 Å². The van der Waals surface area contributed by atoms with E-state index in [0.29, 0.717) is 6.54 Å². The van der Waals surface area contributed by atoms with Gasteiger partial charge in [-0.1, -0.05) is 11.6 Å². The maximum atomic E-state index is 13.6. The molecule has 0 heterocycles. The molecule has 0 saturated heterocycles. The third-order valence-corrected chi connectivity index (χ3v) is 2.91. The van der Waals surface area contributed by atoms with Crippen LogP contribution in [-0.4, -0.2) is 23.9 Å². The van der Waals surface area contributed by atoms with E-state index in [2.05, 4.69) is 0 Å². The highest BCUT2D eigenvalue weighted by Crippen LogP contribution is 2.20. The van der Waals surface area contributed by atoms with Crippen LogP contribution in [0.5, 0.6) is 0 Å². The van der Waals surface area contributed by atoms with Gasteiger partial charge in [0.05, 0.1) is 22.6 Å². The Morgan fingerprint density at radius 3 is 2.63 bits per heavy atom. The average Bonchev–Trinajstić information content (AvgIpc) is 2.39. The first-order valence-corrected chi connectivity index (χ1v) is 6.11. The summed E-state index contributed by atoms with van der Waals surface area (Å²) in [5, 5.41) is 8.35. The second-order valence-corrected chi connectivity index (χ2v) is 4.53. The van der Waals surface area contributed by atoms with E-state index in [1.54, 1.807) is 13.8 Å². The zero-order valence-corrected chi connectivity index (χ0v) is 11.3. The Hall–Kier alpha value is -1.67. The highest BCUT2D eigenvalue weighted by molar-refractivity contribution is 6.30. The number of nitriles is 1. The quantitative estimate of drug-likeness (QED) is 0.798. The average molecular weight is 287 g/mol. The molecule has 0 fully saturated rings. The van der Waals surface area contributed by atoms with Crippen LogP contribution in [0.4, 0.5) is 8.78 Å². The number of hydrogen-bond donors (Lipinski definition) is 0. The van der Waals surface area contributed by atoms with Crippen molar-refractivity contribution < 1.29 is 13.6 Å². The molecule has 0 aromatic heterocycles. The molecule has 0 N–H and O–H groups in total. The summed E-state index contributed by atoms with van der Waals surface area (Å²) in [6.45, 7) is 3.81. The van der Waals surface area contributed by atoms with Crippen molar-refractivity contribution in [2.24, 2.45) is 5.92 Å². The van der Waals surface area contributed by atoms with Gasteiger partial charge in [-0.2, -0.15) is 5.26 Å². The molecule has 1 amide bonds. The van der Waals surface area contributed by atoms with Gasteiger partial charge in [-0.25, -0.2) is 8.78 Å². The molecular weight excluding hydrogens is 274 g/mol. The minimum absolute atomic E-state index is 0.162. The van der Waals surface area contributed by atoms with E-state index in [0.717, 1.165) is 12.1 Å². The summed E-state index contributed by atoms with van der Waals surface area (Å²) in [7, 11) is 0. The smallest absolute Gasteiger partial charge is 0.256 e. The first-order chi connectivity index (χ1) is 8.90. The molecule has 0 bridgehead atoms. The summed E-state index contributed by atoms with van der Waals surface area (Å²) < 4.78 is 26.9. The number of carbonyl (C=O) groups is 1. The summed E-state index contributed by atoms with van der Waals surface area (Å²) in [6, 6.07) is 3.54. The van der Waals surface area contributed by atoms with E-state index in [4.69, 9.17) is 16.9 Å². The summed E-state index contributed by atoms with van der Waals surface area (Å²) in [6.07, 6.45) is 0. The van der Waals surface area contributed by atoms with Crippen LogP contribution in [0, 0.1) is 28.9 Å². The van der Waals surface area contributed by atoms with Gasteiger partial charge in [0.25, 0.3) is 5.91 Å². The monoisotopic (exact) mass is 286 g/mol. The molecule has 3 nitrogen and oxygen atoms in total. The minimum Gasteiger partial charge on any atom is -0.338 e. The number of rotatable bonds is 4. The summed E-state index contributed by atoms with van der Waals surface area (Å²) in [5.41, 5.74) is -0.381. The fourth-order valence-corrected chi connectivity index (χ4v) is 1.73. The van der Waals surface area contributed by atoms with Crippen molar-refractivity contribution >= 4 is 17.5 Å². The van der Waals surface area contributed by atoms with E-state index in [1.807, 2.05) is 6.07 Å². The summed E-state index contributed by atoms with van der Waals surface area (Å²) >= 11 is 5.43. The molecule has 0 aliphatic rings. The predicted molar refractivity (Wildman–Crippen MR) is 67.7 cm³/mol. The molecule has 0 radical (unpaired) electrons. The Labute approximate surface area is 115 Å². The molecular formula is C13H13ClF2N2O. The van der Waals surface area contributed by atoms with Crippen molar-refractivity contribution in [3.05, 3.63) is 34.4 Å². The highest BCUT2D eigenvalue weighted by Gasteiger charge is 2.21. The maximum Gasteiger partial charge on any atom is 0.256 e. The highest BCUT2D eigenvalue weighted by atomic mass is 35.5. The standard InChI is InChI=1S/C13H13ClF2N2O/c1-3-18(7-8(2)6-17)13(19)9-4-12(16)10(14)5-11(9)15/h4-5,8H,3,7H2,1-2H3.